The summed E-state index contributed by atoms with van der Waals surface area (Å²) in [4.78, 5) is 14.4. The number of rotatable bonds is 3. The number of nitrogens with zero attached hydrogens (tertiary/aromatic N) is 1. The highest BCUT2D eigenvalue weighted by atomic mass is 16.5. The number of carbonyl (C=O) groups excluding carboxylic acids is 1. The molecule has 0 N–H and O–H groups in total. The third-order valence-electron chi connectivity index (χ3n) is 3.76. The van der Waals surface area contributed by atoms with Crippen molar-refractivity contribution in [3.63, 3.8) is 0 Å². The highest BCUT2D eigenvalue weighted by Gasteiger charge is 2.25. The van der Waals surface area contributed by atoms with Crippen molar-refractivity contribution in [2.75, 3.05) is 20.2 Å². The number of carbonyl (C=O) groups is 1. The van der Waals surface area contributed by atoms with Gasteiger partial charge >= 0.3 is 0 Å². The van der Waals surface area contributed by atoms with E-state index in [9.17, 15) is 4.79 Å². The zero-order chi connectivity index (χ0) is 13.8. The molecule has 1 aromatic carbocycles. The van der Waals surface area contributed by atoms with E-state index in [4.69, 9.17) is 4.74 Å². The van der Waals surface area contributed by atoms with Crippen molar-refractivity contribution < 1.29 is 9.53 Å². The molecule has 1 saturated heterocycles. The lowest BCUT2D eigenvalue weighted by Gasteiger charge is -2.35. The number of likely N-dealkylation sites (tertiary alicyclic amines) is 1. The van der Waals surface area contributed by atoms with Crippen LogP contribution < -0.4 is 4.74 Å². The molecule has 3 heteroatoms. The maximum absolute atomic E-state index is 12.4. The van der Waals surface area contributed by atoms with Crippen LogP contribution in [0.4, 0.5) is 0 Å². The molecule has 3 nitrogen and oxygen atoms in total. The largest absolute Gasteiger partial charge is 0.496 e. The topological polar surface area (TPSA) is 29.5 Å². The number of piperidine rings is 1. The fourth-order valence-corrected chi connectivity index (χ4v) is 2.99. The predicted molar refractivity (Wildman–Crippen MR) is 76.2 cm³/mol. The maximum atomic E-state index is 12.4. The minimum atomic E-state index is 0.211. The van der Waals surface area contributed by atoms with Crippen LogP contribution in [0.5, 0.6) is 5.75 Å². The minimum Gasteiger partial charge on any atom is -0.496 e. The second-order valence-electron chi connectivity index (χ2n) is 5.73. The van der Waals surface area contributed by atoms with Gasteiger partial charge in [0.15, 0.2) is 0 Å². The van der Waals surface area contributed by atoms with E-state index in [1.54, 1.807) is 7.11 Å². The quantitative estimate of drug-likeness (QED) is 0.837. The molecule has 2 atom stereocenters. The third kappa shape index (κ3) is 3.49. The highest BCUT2D eigenvalue weighted by Crippen LogP contribution is 2.23. The summed E-state index contributed by atoms with van der Waals surface area (Å²) in [5.41, 5.74) is 0.973. The fourth-order valence-electron chi connectivity index (χ4n) is 2.99. The van der Waals surface area contributed by atoms with Gasteiger partial charge < -0.3 is 9.64 Å². The van der Waals surface area contributed by atoms with Gasteiger partial charge in [-0.05, 0) is 24.3 Å². The molecular formula is C16H23NO2. The van der Waals surface area contributed by atoms with E-state index in [2.05, 4.69) is 13.8 Å². The lowest BCUT2D eigenvalue weighted by molar-refractivity contribution is -0.133. The standard InChI is InChI=1S/C16H23NO2/c1-12-8-13(2)11-17(10-12)16(18)9-14-6-4-5-7-15(14)19-3/h4-7,12-13H,8-11H2,1-3H3. The summed E-state index contributed by atoms with van der Waals surface area (Å²) in [5.74, 6) is 2.22. The molecule has 2 unspecified atom stereocenters. The van der Waals surface area contributed by atoms with E-state index in [-0.39, 0.29) is 5.91 Å². The van der Waals surface area contributed by atoms with Crippen LogP contribution in [0.1, 0.15) is 25.8 Å². The van der Waals surface area contributed by atoms with E-state index in [1.807, 2.05) is 29.2 Å². The Morgan fingerprint density at radius 3 is 2.53 bits per heavy atom. The van der Waals surface area contributed by atoms with Gasteiger partial charge in [0.05, 0.1) is 13.5 Å². The zero-order valence-corrected chi connectivity index (χ0v) is 12.1. The molecule has 1 aromatic rings. The molecule has 1 heterocycles. The Bertz CT molecular complexity index is 434. The van der Waals surface area contributed by atoms with Gasteiger partial charge in [0.2, 0.25) is 5.91 Å². The number of hydrogen-bond acceptors (Lipinski definition) is 2. The van der Waals surface area contributed by atoms with Crippen LogP contribution in [-0.4, -0.2) is 31.0 Å². The van der Waals surface area contributed by atoms with Crippen LogP contribution in [0.2, 0.25) is 0 Å². The summed E-state index contributed by atoms with van der Waals surface area (Å²) in [6.45, 7) is 6.22. The minimum absolute atomic E-state index is 0.211. The zero-order valence-electron chi connectivity index (χ0n) is 12.1. The molecule has 2 rings (SSSR count). The Kier molecular flexibility index (Phi) is 4.46. The van der Waals surface area contributed by atoms with Crippen LogP contribution in [0.25, 0.3) is 0 Å². The van der Waals surface area contributed by atoms with Crippen LogP contribution in [-0.2, 0) is 11.2 Å². The molecule has 19 heavy (non-hydrogen) atoms. The number of methoxy groups -OCH3 is 1. The molecule has 0 aliphatic carbocycles. The smallest absolute Gasteiger partial charge is 0.227 e. The van der Waals surface area contributed by atoms with Gasteiger partial charge in [0, 0.05) is 18.7 Å². The summed E-state index contributed by atoms with van der Waals surface area (Å²) in [6.07, 6.45) is 1.65. The van der Waals surface area contributed by atoms with Crippen LogP contribution >= 0.6 is 0 Å². The van der Waals surface area contributed by atoms with Gasteiger partial charge in [-0.15, -0.1) is 0 Å². The van der Waals surface area contributed by atoms with Crippen molar-refractivity contribution in [2.24, 2.45) is 11.8 Å². The lowest BCUT2D eigenvalue weighted by atomic mass is 9.91. The molecule has 104 valence electrons. The average Bonchev–Trinajstić information content (AvgIpc) is 2.38. The molecule has 1 fully saturated rings. The Labute approximate surface area is 115 Å². The van der Waals surface area contributed by atoms with Gasteiger partial charge in [-0.25, -0.2) is 0 Å². The molecular weight excluding hydrogens is 238 g/mol. The normalized spacial score (nSPS) is 23.2. The molecule has 1 amide bonds. The molecule has 1 aliphatic heterocycles. The summed E-state index contributed by atoms with van der Waals surface area (Å²) >= 11 is 0. The number of hydrogen-bond donors (Lipinski definition) is 0. The van der Waals surface area contributed by atoms with Gasteiger partial charge in [0.1, 0.15) is 5.75 Å². The SMILES string of the molecule is COc1ccccc1CC(=O)N1CC(C)CC(C)C1. The Morgan fingerprint density at radius 1 is 1.26 bits per heavy atom. The number of ether oxygens (including phenoxy) is 1. The van der Waals surface area contributed by atoms with Crippen LogP contribution in [0.3, 0.4) is 0 Å². The van der Waals surface area contributed by atoms with E-state index in [0.29, 0.717) is 18.3 Å². The van der Waals surface area contributed by atoms with E-state index >= 15 is 0 Å². The van der Waals surface area contributed by atoms with Crippen molar-refractivity contribution in [1.82, 2.24) is 4.90 Å². The van der Waals surface area contributed by atoms with E-state index in [0.717, 1.165) is 24.4 Å². The first-order valence-corrected chi connectivity index (χ1v) is 6.99. The number of benzene rings is 1. The summed E-state index contributed by atoms with van der Waals surface area (Å²) in [5, 5.41) is 0. The Morgan fingerprint density at radius 2 is 1.89 bits per heavy atom. The van der Waals surface area contributed by atoms with Gasteiger partial charge in [0.25, 0.3) is 0 Å². The van der Waals surface area contributed by atoms with Gasteiger partial charge in [-0.1, -0.05) is 32.0 Å². The molecule has 1 aliphatic rings. The van der Waals surface area contributed by atoms with Crippen LogP contribution in [0.15, 0.2) is 24.3 Å². The molecule has 0 radical (unpaired) electrons. The van der Waals surface area contributed by atoms with Crippen molar-refractivity contribution in [3.05, 3.63) is 29.8 Å². The fraction of sp³-hybridized carbons (Fsp3) is 0.562. The first-order valence-electron chi connectivity index (χ1n) is 6.99. The van der Waals surface area contributed by atoms with E-state index < -0.39 is 0 Å². The van der Waals surface area contributed by atoms with Crippen molar-refractivity contribution in [2.45, 2.75) is 26.7 Å². The second-order valence-corrected chi connectivity index (χ2v) is 5.73. The van der Waals surface area contributed by atoms with Crippen molar-refractivity contribution in [3.8, 4) is 5.75 Å². The summed E-state index contributed by atoms with van der Waals surface area (Å²) in [6, 6.07) is 7.75. The molecule has 0 aromatic heterocycles. The van der Waals surface area contributed by atoms with Crippen molar-refractivity contribution >= 4 is 5.91 Å². The number of para-hydroxylation sites is 1. The van der Waals surface area contributed by atoms with Gasteiger partial charge in [-0.2, -0.15) is 0 Å². The average molecular weight is 261 g/mol. The first-order chi connectivity index (χ1) is 9.10. The molecule has 0 bridgehead atoms. The highest BCUT2D eigenvalue weighted by molar-refractivity contribution is 5.79. The van der Waals surface area contributed by atoms with Crippen LogP contribution in [0, 0.1) is 11.8 Å². The summed E-state index contributed by atoms with van der Waals surface area (Å²) in [7, 11) is 1.65. The summed E-state index contributed by atoms with van der Waals surface area (Å²) < 4.78 is 5.31. The third-order valence-corrected chi connectivity index (χ3v) is 3.76. The molecule has 0 saturated carbocycles. The van der Waals surface area contributed by atoms with Gasteiger partial charge in [-0.3, -0.25) is 4.79 Å². The maximum Gasteiger partial charge on any atom is 0.227 e. The van der Waals surface area contributed by atoms with Crippen molar-refractivity contribution in [1.29, 1.82) is 0 Å². The predicted octanol–water partition coefficient (Wildman–Crippen LogP) is 2.74. The lowest BCUT2D eigenvalue weighted by Crippen LogP contribution is -2.43. The first kappa shape index (κ1) is 13.9. The Hall–Kier alpha value is -1.51. The monoisotopic (exact) mass is 261 g/mol. The molecule has 0 spiro atoms. The van der Waals surface area contributed by atoms with E-state index in [1.165, 1.54) is 6.42 Å². The number of amides is 1. The second kappa shape index (κ2) is 6.09. The Balaban J connectivity index is 2.04.